The SMILES string of the molecule is C[C@@H]1CN(Cc2ccc(C(=O)NO)cc2)C[C@H](C)N1C(=O)c1ccc(CN2CC[C@@H](F)C2)cc1. The minimum Gasteiger partial charge on any atom is -0.331 e. The summed E-state index contributed by atoms with van der Waals surface area (Å²) in [5, 5.41) is 8.75. The molecule has 34 heavy (non-hydrogen) atoms. The Balaban J connectivity index is 1.34. The number of hydrogen-bond donors (Lipinski definition) is 2. The summed E-state index contributed by atoms with van der Waals surface area (Å²) in [7, 11) is 0. The van der Waals surface area contributed by atoms with Crippen molar-refractivity contribution >= 4 is 11.8 Å². The Morgan fingerprint density at radius 3 is 1.91 bits per heavy atom. The average Bonchev–Trinajstić information content (AvgIpc) is 3.23. The van der Waals surface area contributed by atoms with E-state index < -0.39 is 12.1 Å². The van der Waals surface area contributed by atoms with Crippen molar-refractivity contribution in [1.82, 2.24) is 20.2 Å². The summed E-state index contributed by atoms with van der Waals surface area (Å²) >= 11 is 0. The number of amides is 2. The van der Waals surface area contributed by atoms with Crippen LogP contribution in [0, 0.1) is 0 Å². The Bertz CT molecular complexity index is 986. The molecule has 2 heterocycles. The largest absolute Gasteiger partial charge is 0.331 e. The normalized spacial score (nSPS) is 23.8. The van der Waals surface area contributed by atoms with Crippen LogP contribution in [0.2, 0.25) is 0 Å². The molecule has 3 atom stereocenters. The minimum atomic E-state index is -0.727. The lowest BCUT2D eigenvalue weighted by molar-refractivity contribution is 0.0268. The van der Waals surface area contributed by atoms with Crippen molar-refractivity contribution in [3.8, 4) is 0 Å². The number of piperazine rings is 1. The summed E-state index contributed by atoms with van der Waals surface area (Å²) in [6.45, 7) is 8.37. The van der Waals surface area contributed by atoms with Gasteiger partial charge in [-0.2, -0.15) is 0 Å². The van der Waals surface area contributed by atoms with Crippen LogP contribution in [-0.2, 0) is 13.1 Å². The van der Waals surface area contributed by atoms with Gasteiger partial charge in [-0.3, -0.25) is 24.6 Å². The minimum absolute atomic E-state index is 0.0376. The first kappa shape index (κ1) is 24.3. The van der Waals surface area contributed by atoms with Gasteiger partial charge >= 0.3 is 0 Å². The molecular weight excluding hydrogens is 435 g/mol. The second-order valence-electron chi connectivity index (χ2n) is 9.56. The molecule has 0 bridgehead atoms. The fourth-order valence-corrected chi connectivity index (χ4v) is 5.13. The standard InChI is InChI=1S/C26H33FN4O3/c1-18-13-30(16-21-3-7-22(8-4-21)25(32)28-34)14-19(2)31(18)26(33)23-9-5-20(6-10-23)15-29-12-11-24(27)17-29/h3-10,18-19,24,34H,11-17H2,1-2H3,(H,28,32)/t18-,19+,24-/m1/s1. The summed E-state index contributed by atoms with van der Waals surface area (Å²) in [6, 6.07) is 15.0. The van der Waals surface area contributed by atoms with E-state index >= 15 is 0 Å². The molecule has 7 nitrogen and oxygen atoms in total. The van der Waals surface area contributed by atoms with Crippen LogP contribution in [0.25, 0.3) is 0 Å². The second kappa shape index (κ2) is 10.6. The van der Waals surface area contributed by atoms with Gasteiger partial charge in [-0.15, -0.1) is 0 Å². The van der Waals surface area contributed by atoms with E-state index in [0.29, 0.717) is 30.6 Å². The van der Waals surface area contributed by atoms with Crippen LogP contribution in [0.4, 0.5) is 4.39 Å². The molecule has 0 saturated carbocycles. The predicted octanol–water partition coefficient (Wildman–Crippen LogP) is 3.08. The first-order valence-electron chi connectivity index (χ1n) is 11.9. The van der Waals surface area contributed by atoms with Crippen LogP contribution < -0.4 is 5.48 Å². The van der Waals surface area contributed by atoms with Gasteiger partial charge in [0.1, 0.15) is 6.17 Å². The fourth-order valence-electron chi connectivity index (χ4n) is 5.13. The maximum atomic E-state index is 13.4. The number of hydrogen-bond acceptors (Lipinski definition) is 5. The van der Waals surface area contributed by atoms with E-state index in [-0.39, 0.29) is 18.0 Å². The Morgan fingerprint density at radius 2 is 1.41 bits per heavy atom. The Hall–Kier alpha value is -2.81. The highest BCUT2D eigenvalue weighted by Gasteiger charge is 2.33. The number of benzene rings is 2. The highest BCUT2D eigenvalue weighted by Crippen LogP contribution is 2.22. The van der Waals surface area contributed by atoms with Gasteiger partial charge in [0.15, 0.2) is 0 Å². The van der Waals surface area contributed by atoms with Crippen LogP contribution in [0.3, 0.4) is 0 Å². The van der Waals surface area contributed by atoms with E-state index in [0.717, 1.165) is 37.3 Å². The number of rotatable bonds is 6. The molecule has 4 rings (SSSR count). The van der Waals surface area contributed by atoms with Gasteiger partial charge in [-0.05, 0) is 55.7 Å². The monoisotopic (exact) mass is 468 g/mol. The third-order valence-electron chi connectivity index (χ3n) is 6.77. The number of halogens is 1. The van der Waals surface area contributed by atoms with Crippen LogP contribution in [0.1, 0.15) is 52.1 Å². The first-order chi connectivity index (χ1) is 16.3. The Kier molecular flexibility index (Phi) is 7.60. The second-order valence-corrected chi connectivity index (χ2v) is 9.56. The van der Waals surface area contributed by atoms with E-state index in [1.165, 1.54) is 0 Å². The molecule has 2 amide bonds. The topological polar surface area (TPSA) is 76.1 Å². The van der Waals surface area contributed by atoms with Gasteiger partial charge in [0.05, 0.1) is 0 Å². The van der Waals surface area contributed by atoms with Crippen molar-refractivity contribution in [2.24, 2.45) is 0 Å². The molecule has 0 aliphatic carbocycles. The van der Waals surface area contributed by atoms with Gasteiger partial charge in [0.2, 0.25) is 0 Å². The summed E-state index contributed by atoms with van der Waals surface area (Å²) in [6.07, 6.45) is -0.126. The van der Waals surface area contributed by atoms with Gasteiger partial charge in [-0.25, -0.2) is 9.87 Å². The zero-order valence-electron chi connectivity index (χ0n) is 19.8. The molecule has 2 aromatic rings. The van der Waals surface area contributed by atoms with E-state index in [1.807, 2.05) is 41.3 Å². The van der Waals surface area contributed by atoms with Crippen molar-refractivity contribution in [3.63, 3.8) is 0 Å². The molecular formula is C26H33FN4O3. The van der Waals surface area contributed by atoms with Gasteiger partial charge in [0.25, 0.3) is 11.8 Å². The smallest absolute Gasteiger partial charge is 0.274 e. The van der Waals surface area contributed by atoms with Crippen molar-refractivity contribution in [1.29, 1.82) is 0 Å². The molecule has 8 heteroatoms. The number of alkyl halides is 1. The van der Waals surface area contributed by atoms with Crippen molar-refractivity contribution in [2.45, 2.75) is 51.6 Å². The molecule has 2 aromatic carbocycles. The van der Waals surface area contributed by atoms with Gasteiger partial charge < -0.3 is 4.90 Å². The third kappa shape index (κ3) is 5.63. The average molecular weight is 469 g/mol. The van der Waals surface area contributed by atoms with E-state index in [2.05, 4.69) is 23.6 Å². The van der Waals surface area contributed by atoms with E-state index in [9.17, 15) is 14.0 Å². The number of carbonyl (C=O) groups is 2. The molecule has 2 fully saturated rings. The van der Waals surface area contributed by atoms with Crippen LogP contribution >= 0.6 is 0 Å². The van der Waals surface area contributed by atoms with E-state index in [4.69, 9.17) is 5.21 Å². The molecule has 0 aromatic heterocycles. The summed E-state index contributed by atoms with van der Waals surface area (Å²) in [4.78, 5) is 31.2. The molecule has 182 valence electrons. The zero-order chi connectivity index (χ0) is 24.2. The third-order valence-corrected chi connectivity index (χ3v) is 6.77. The summed E-state index contributed by atoms with van der Waals surface area (Å²) < 4.78 is 13.4. The Morgan fingerprint density at radius 1 is 0.882 bits per heavy atom. The molecule has 2 aliphatic rings. The lowest BCUT2D eigenvalue weighted by Gasteiger charge is -2.44. The maximum Gasteiger partial charge on any atom is 0.274 e. The number of carbonyl (C=O) groups excluding carboxylic acids is 2. The van der Waals surface area contributed by atoms with Crippen molar-refractivity contribution < 1.29 is 19.2 Å². The highest BCUT2D eigenvalue weighted by atomic mass is 19.1. The van der Waals surface area contributed by atoms with Crippen molar-refractivity contribution in [3.05, 3.63) is 70.8 Å². The number of nitrogens with zero attached hydrogens (tertiary/aromatic N) is 3. The molecule has 0 spiro atoms. The van der Waals surface area contributed by atoms with Gasteiger partial charge in [-0.1, -0.05) is 24.3 Å². The molecule has 2 N–H and O–H groups in total. The molecule has 0 unspecified atom stereocenters. The predicted molar refractivity (Wildman–Crippen MR) is 127 cm³/mol. The molecule has 2 saturated heterocycles. The molecule has 0 radical (unpaired) electrons. The maximum absolute atomic E-state index is 13.4. The van der Waals surface area contributed by atoms with Crippen LogP contribution in [0.15, 0.2) is 48.5 Å². The quantitative estimate of drug-likeness (QED) is 0.503. The molecule has 2 aliphatic heterocycles. The first-order valence-corrected chi connectivity index (χ1v) is 11.9. The lowest BCUT2D eigenvalue weighted by atomic mass is 10.0. The summed E-state index contributed by atoms with van der Waals surface area (Å²) in [5.74, 6) is -0.492. The number of likely N-dealkylation sites (tertiary alicyclic amines) is 1. The number of nitrogens with one attached hydrogen (secondary N) is 1. The zero-order valence-corrected chi connectivity index (χ0v) is 19.8. The Labute approximate surface area is 200 Å². The lowest BCUT2D eigenvalue weighted by Crippen LogP contribution is -2.58. The van der Waals surface area contributed by atoms with E-state index in [1.54, 1.807) is 17.6 Å². The number of hydroxylamine groups is 1. The highest BCUT2D eigenvalue weighted by molar-refractivity contribution is 5.95. The van der Waals surface area contributed by atoms with Crippen molar-refractivity contribution in [2.75, 3.05) is 26.2 Å². The van der Waals surface area contributed by atoms with Gasteiger partial charge in [0, 0.05) is 62.5 Å². The summed E-state index contributed by atoms with van der Waals surface area (Å²) in [5.41, 5.74) is 4.89. The fraction of sp³-hybridized carbons (Fsp3) is 0.462. The van der Waals surface area contributed by atoms with Crippen LogP contribution in [0.5, 0.6) is 0 Å². The van der Waals surface area contributed by atoms with Crippen LogP contribution in [-0.4, -0.2) is 76.2 Å².